The molecule has 1 aromatic heterocycles. The molecule has 0 saturated heterocycles. The molecule has 0 radical (unpaired) electrons. The van der Waals surface area contributed by atoms with Crippen LogP contribution in [0.2, 0.25) is 0 Å². The van der Waals surface area contributed by atoms with E-state index in [2.05, 4.69) is 10.2 Å². The van der Waals surface area contributed by atoms with Crippen molar-refractivity contribution < 1.29 is 13.9 Å². The van der Waals surface area contributed by atoms with E-state index in [0.717, 1.165) is 11.5 Å². The Labute approximate surface area is 115 Å². The Morgan fingerprint density at radius 2 is 2.05 bits per heavy atom. The van der Waals surface area contributed by atoms with Gasteiger partial charge in [0.15, 0.2) is 11.5 Å². The second-order valence-corrected chi connectivity index (χ2v) is 4.56. The second kappa shape index (κ2) is 7.01. The first-order valence-corrected chi connectivity index (χ1v) is 6.73. The molecule has 0 aliphatic carbocycles. The fourth-order valence-corrected chi connectivity index (χ4v) is 1.99. The molecule has 2 rings (SSSR count). The minimum Gasteiger partial charge on any atom is -0.493 e. The average Bonchev–Trinajstić information content (AvgIpc) is 2.92. The monoisotopic (exact) mass is 281 g/mol. The van der Waals surface area contributed by atoms with Crippen LogP contribution >= 0.6 is 11.8 Å². The number of nitrogens with zero attached hydrogens (tertiary/aromatic N) is 2. The summed E-state index contributed by atoms with van der Waals surface area (Å²) in [5.74, 6) is 2.58. The van der Waals surface area contributed by atoms with Gasteiger partial charge in [0.1, 0.15) is 0 Å². The summed E-state index contributed by atoms with van der Waals surface area (Å²) in [5, 5.41) is 8.13. The third kappa shape index (κ3) is 3.87. The molecule has 0 amide bonds. The van der Waals surface area contributed by atoms with Gasteiger partial charge >= 0.3 is 0 Å². The van der Waals surface area contributed by atoms with Gasteiger partial charge in [0.2, 0.25) is 5.89 Å². The molecule has 0 spiro atoms. The maximum Gasteiger partial charge on any atom is 0.276 e. The molecule has 2 N–H and O–H groups in total. The van der Waals surface area contributed by atoms with Gasteiger partial charge in [-0.05, 0) is 12.1 Å². The molecule has 0 aliphatic heterocycles. The molecule has 0 aliphatic rings. The molecule has 2 aromatic rings. The third-order valence-corrected chi connectivity index (χ3v) is 3.04. The van der Waals surface area contributed by atoms with Gasteiger partial charge in [0.05, 0.1) is 20.3 Å². The predicted octanol–water partition coefficient (Wildman–Crippen LogP) is 1.71. The van der Waals surface area contributed by atoms with Crippen LogP contribution in [0.4, 0.5) is 0 Å². The van der Waals surface area contributed by atoms with E-state index in [0.29, 0.717) is 23.5 Å². The van der Waals surface area contributed by atoms with Crippen molar-refractivity contribution in [1.29, 1.82) is 0 Å². The Balaban J connectivity index is 1.77. The van der Waals surface area contributed by atoms with Crippen molar-refractivity contribution in [3.05, 3.63) is 30.2 Å². The zero-order chi connectivity index (χ0) is 13.5. The lowest BCUT2D eigenvalue weighted by Gasteiger charge is -2.09. The Morgan fingerprint density at radius 1 is 1.26 bits per heavy atom. The molecule has 1 aromatic carbocycles. The van der Waals surface area contributed by atoms with Gasteiger partial charge in [-0.25, -0.2) is 0 Å². The summed E-state index contributed by atoms with van der Waals surface area (Å²) in [7, 11) is 1.61. The topological polar surface area (TPSA) is 83.4 Å². The molecule has 0 fully saturated rings. The van der Waals surface area contributed by atoms with Gasteiger partial charge in [-0.2, -0.15) is 0 Å². The van der Waals surface area contributed by atoms with E-state index in [1.54, 1.807) is 7.11 Å². The number of benzene rings is 1. The van der Waals surface area contributed by atoms with Crippen molar-refractivity contribution in [2.45, 2.75) is 11.8 Å². The summed E-state index contributed by atoms with van der Waals surface area (Å²) in [4.78, 5) is 0. The zero-order valence-electron chi connectivity index (χ0n) is 10.5. The highest BCUT2D eigenvalue weighted by atomic mass is 32.2. The van der Waals surface area contributed by atoms with Crippen LogP contribution < -0.4 is 15.2 Å². The lowest BCUT2D eigenvalue weighted by atomic mass is 10.3. The number of hydrogen-bond donors (Lipinski definition) is 1. The van der Waals surface area contributed by atoms with Gasteiger partial charge < -0.3 is 19.6 Å². The molecule has 6 nitrogen and oxygen atoms in total. The molecular formula is C12H15N3O3S. The SMILES string of the molecule is COc1ccccc1OCCSc1nnc(CN)o1. The van der Waals surface area contributed by atoms with Crippen molar-refractivity contribution in [2.24, 2.45) is 5.73 Å². The molecular weight excluding hydrogens is 266 g/mol. The fourth-order valence-electron chi connectivity index (χ4n) is 1.40. The molecule has 7 heteroatoms. The largest absolute Gasteiger partial charge is 0.493 e. The van der Waals surface area contributed by atoms with Crippen LogP contribution in [0, 0.1) is 0 Å². The van der Waals surface area contributed by atoms with Crippen molar-refractivity contribution in [3.63, 3.8) is 0 Å². The zero-order valence-corrected chi connectivity index (χ0v) is 11.4. The molecule has 102 valence electrons. The van der Waals surface area contributed by atoms with Crippen LogP contribution in [0.25, 0.3) is 0 Å². The standard InChI is InChI=1S/C12H15N3O3S/c1-16-9-4-2-3-5-10(9)17-6-7-19-12-15-14-11(8-13)18-12/h2-5H,6-8,13H2,1H3. The van der Waals surface area contributed by atoms with Crippen LogP contribution in [-0.4, -0.2) is 29.7 Å². The Kier molecular flexibility index (Phi) is 5.05. The summed E-state index contributed by atoms with van der Waals surface area (Å²) in [5.41, 5.74) is 5.38. The second-order valence-electron chi connectivity index (χ2n) is 3.51. The van der Waals surface area contributed by atoms with Crippen LogP contribution in [0.3, 0.4) is 0 Å². The lowest BCUT2D eigenvalue weighted by molar-refractivity contribution is 0.313. The van der Waals surface area contributed by atoms with Gasteiger partial charge in [-0.15, -0.1) is 10.2 Å². The first-order chi connectivity index (χ1) is 9.33. The van der Waals surface area contributed by atoms with Crippen molar-refractivity contribution in [3.8, 4) is 11.5 Å². The fraction of sp³-hybridized carbons (Fsp3) is 0.333. The van der Waals surface area contributed by atoms with Crippen molar-refractivity contribution in [2.75, 3.05) is 19.5 Å². The highest BCUT2D eigenvalue weighted by Gasteiger charge is 2.06. The van der Waals surface area contributed by atoms with Crippen molar-refractivity contribution in [1.82, 2.24) is 10.2 Å². The number of rotatable bonds is 7. The molecule has 0 unspecified atom stereocenters. The van der Waals surface area contributed by atoms with Gasteiger partial charge in [-0.1, -0.05) is 23.9 Å². The highest BCUT2D eigenvalue weighted by Crippen LogP contribution is 2.26. The van der Waals surface area contributed by atoms with Gasteiger partial charge in [0, 0.05) is 5.75 Å². The van der Waals surface area contributed by atoms with Crippen LogP contribution in [0.1, 0.15) is 5.89 Å². The smallest absolute Gasteiger partial charge is 0.276 e. The molecule has 0 saturated carbocycles. The Hall–Kier alpha value is -1.73. The van der Waals surface area contributed by atoms with E-state index < -0.39 is 0 Å². The van der Waals surface area contributed by atoms with E-state index in [4.69, 9.17) is 19.6 Å². The van der Waals surface area contributed by atoms with E-state index in [1.165, 1.54) is 11.8 Å². The Morgan fingerprint density at radius 3 is 2.74 bits per heavy atom. The Bertz CT molecular complexity index is 518. The first-order valence-electron chi connectivity index (χ1n) is 5.74. The van der Waals surface area contributed by atoms with E-state index >= 15 is 0 Å². The minimum atomic E-state index is 0.255. The number of para-hydroxylation sites is 2. The summed E-state index contributed by atoms with van der Waals surface area (Å²) >= 11 is 1.43. The molecule has 0 bridgehead atoms. The lowest BCUT2D eigenvalue weighted by Crippen LogP contribution is -2.01. The van der Waals surface area contributed by atoms with Crippen LogP contribution in [0.15, 0.2) is 33.9 Å². The number of ether oxygens (including phenoxy) is 2. The number of aromatic nitrogens is 2. The molecule has 0 atom stereocenters. The quantitative estimate of drug-likeness (QED) is 0.611. The maximum atomic E-state index is 5.62. The predicted molar refractivity (Wildman–Crippen MR) is 71.4 cm³/mol. The normalized spacial score (nSPS) is 10.4. The van der Waals surface area contributed by atoms with Crippen LogP contribution in [0.5, 0.6) is 11.5 Å². The summed E-state index contributed by atoms with van der Waals surface area (Å²) in [6, 6.07) is 7.51. The number of nitrogens with two attached hydrogens (primary N) is 1. The maximum absolute atomic E-state index is 5.62. The van der Waals surface area contributed by atoms with Gasteiger partial charge in [0.25, 0.3) is 5.22 Å². The van der Waals surface area contributed by atoms with Crippen molar-refractivity contribution >= 4 is 11.8 Å². The van der Waals surface area contributed by atoms with E-state index in [-0.39, 0.29) is 6.54 Å². The third-order valence-electron chi connectivity index (χ3n) is 2.26. The van der Waals surface area contributed by atoms with Crippen LogP contribution in [-0.2, 0) is 6.54 Å². The van der Waals surface area contributed by atoms with E-state index in [9.17, 15) is 0 Å². The average molecular weight is 281 g/mol. The minimum absolute atomic E-state index is 0.255. The highest BCUT2D eigenvalue weighted by molar-refractivity contribution is 7.99. The number of hydrogen-bond acceptors (Lipinski definition) is 7. The summed E-state index contributed by atoms with van der Waals surface area (Å²) in [6.07, 6.45) is 0. The van der Waals surface area contributed by atoms with E-state index in [1.807, 2.05) is 24.3 Å². The van der Waals surface area contributed by atoms with Gasteiger partial charge in [-0.3, -0.25) is 0 Å². The molecule has 1 heterocycles. The number of thioether (sulfide) groups is 1. The summed E-state index contributed by atoms with van der Waals surface area (Å²) in [6.45, 7) is 0.774. The molecule has 19 heavy (non-hydrogen) atoms. The number of methoxy groups -OCH3 is 1. The summed E-state index contributed by atoms with van der Waals surface area (Å²) < 4.78 is 16.1. The first kappa shape index (κ1) is 13.7.